The van der Waals surface area contributed by atoms with E-state index in [1.165, 1.54) is 6.08 Å². The minimum absolute atomic E-state index is 0.310. The van der Waals surface area contributed by atoms with Crippen LogP contribution in [0.5, 0.6) is 0 Å². The van der Waals surface area contributed by atoms with E-state index in [0.29, 0.717) is 12.0 Å². The van der Waals surface area contributed by atoms with Gasteiger partial charge in [-0.25, -0.2) is 0 Å². The summed E-state index contributed by atoms with van der Waals surface area (Å²) >= 11 is 0. The number of nitrogens with one attached hydrogen (secondary N) is 1. The van der Waals surface area contributed by atoms with Crippen LogP contribution in [0.2, 0.25) is 0 Å². The zero-order valence-electron chi connectivity index (χ0n) is 6.79. The van der Waals surface area contributed by atoms with E-state index in [2.05, 4.69) is 19.2 Å². The Labute approximate surface area is 62.3 Å². The highest BCUT2D eigenvalue weighted by atomic mass is 16.1. The Morgan fingerprint density at radius 3 is 2.30 bits per heavy atom. The number of carbonyl (C=O) groups is 1. The van der Waals surface area contributed by atoms with Crippen LogP contribution in [0.4, 0.5) is 0 Å². The number of rotatable bonds is 4. The fourth-order valence-electron chi connectivity index (χ4n) is 0.817. The zero-order valence-corrected chi connectivity index (χ0v) is 6.79. The summed E-state index contributed by atoms with van der Waals surface area (Å²) in [6, 6.07) is 0.310. The van der Waals surface area contributed by atoms with Gasteiger partial charge in [0, 0.05) is 6.04 Å². The molecule has 2 heteroatoms. The molecular formula is C8H15NO. The van der Waals surface area contributed by atoms with E-state index in [9.17, 15) is 4.79 Å². The third kappa shape index (κ3) is 3.41. The maximum atomic E-state index is 9.93. The molecule has 0 amide bonds. The number of aldehydes is 1. The zero-order chi connectivity index (χ0) is 7.98. The predicted octanol–water partition coefficient (Wildman–Crippen LogP) is 0.985. The molecule has 0 fully saturated rings. The highest BCUT2D eigenvalue weighted by molar-refractivity contribution is 5.64. The molecule has 0 aliphatic rings. The van der Waals surface area contributed by atoms with Gasteiger partial charge in [0.05, 0.1) is 0 Å². The van der Waals surface area contributed by atoms with Gasteiger partial charge in [-0.2, -0.15) is 0 Å². The molecular weight excluding hydrogens is 126 g/mol. The van der Waals surface area contributed by atoms with Crippen LogP contribution < -0.4 is 5.32 Å². The third-order valence-electron chi connectivity index (χ3n) is 1.45. The molecule has 0 heterocycles. The molecule has 58 valence electrons. The van der Waals surface area contributed by atoms with Crippen molar-refractivity contribution in [1.82, 2.24) is 5.32 Å². The van der Waals surface area contributed by atoms with Gasteiger partial charge in [-0.05, 0) is 19.0 Å². The topological polar surface area (TPSA) is 29.1 Å². The highest BCUT2D eigenvalue weighted by Crippen LogP contribution is 2.00. The summed E-state index contributed by atoms with van der Waals surface area (Å²) in [6.07, 6.45) is 4.20. The van der Waals surface area contributed by atoms with Crippen LogP contribution in [-0.2, 0) is 4.79 Å². The predicted molar refractivity (Wildman–Crippen MR) is 42.9 cm³/mol. The van der Waals surface area contributed by atoms with Crippen molar-refractivity contribution in [1.29, 1.82) is 0 Å². The lowest BCUT2D eigenvalue weighted by Gasteiger charge is -2.14. The summed E-state index contributed by atoms with van der Waals surface area (Å²) in [6.45, 7) is 4.21. The van der Waals surface area contributed by atoms with Gasteiger partial charge >= 0.3 is 0 Å². The van der Waals surface area contributed by atoms with Crippen LogP contribution in [0.1, 0.15) is 13.8 Å². The summed E-state index contributed by atoms with van der Waals surface area (Å²) < 4.78 is 0. The summed E-state index contributed by atoms with van der Waals surface area (Å²) in [5, 5.41) is 3.09. The molecule has 0 aliphatic heterocycles. The molecule has 0 aromatic carbocycles. The molecule has 0 saturated carbocycles. The lowest BCUT2D eigenvalue weighted by atomic mass is 10.0. The summed E-state index contributed by atoms with van der Waals surface area (Å²) in [5.41, 5.74) is 0. The Kier molecular flexibility index (Phi) is 4.85. The number of likely N-dealkylation sites (N-methyl/N-ethyl adjacent to an activating group) is 1. The van der Waals surface area contributed by atoms with E-state index in [1.807, 2.05) is 13.1 Å². The monoisotopic (exact) mass is 141 g/mol. The second kappa shape index (κ2) is 5.18. The molecule has 0 spiro atoms. The molecule has 0 bridgehead atoms. The fourth-order valence-corrected chi connectivity index (χ4v) is 0.817. The SMILES string of the molecule is CNC(/C=C/C=O)C(C)C. The van der Waals surface area contributed by atoms with E-state index in [-0.39, 0.29) is 0 Å². The molecule has 0 rings (SSSR count). The Balaban J connectivity index is 3.82. The van der Waals surface area contributed by atoms with Gasteiger partial charge in [0.2, 0.25) is 0 Å². The first-order valence-electron chi connectivity index (χ1n) is 3.51. The first kappa shape index (κ1) is 9.37. The van der Waals surface area contributed by atoms with Crippen molar-refractivity contribution in [3.8, 4) is 0 Å². The average Bonchev–Trinajstić information content (AvgIpc) is 1.89. The minimum atomic E-state index is 0.310. The molecule has 1 N–H and O–H groups in total. The second-order valence-electron chi connectivity index (χ2n) is 2.58. The van der Waals surface area contributed by atoms with E-state index in [1.54, 1.807) is 0 Å². The van der Waals surface area contributed by atoms with Gasteiger partial charge < -0.3 is 5.32 Å². The maximum absolute atomic E-state index is 9.93. The molecule has 1 unspecified atom stereocenters. The van der Waals surface area contributed by atoms with Crippen LogP contribution in [0.15, 0.2) is 12.2 Å². The number of carbonyl (C=O) groups excluding carboxylic acids is 1. The number of hydrogen-bond acceptors (Lipinski definition) is 2. The minimum Gasteiger partial charge on any atom is -0.313 e. The van der Waals surface area contributed by atoms with Crippen molar-refractivity contribution in [3.63, 3.8) is 0 Å². The Morgan fingerprint density at radius 2 is 2.00 bits per heavy atom. The normalized spacial score (nSPS) is 14.4. The average molecular weight is 141 g/mol. The fraction of sp³-hybridized carbons (Fsp3) is 0.625. The van der Waals surface area contributed by atoms with Crippen molar-refractivity contribution in [2.45, 2.75) is 19.9 Å². The molecule has 1 atom stereocenters. The quantitative estimate of drug-likeness (QED) is 0.467. The van der Waals surface area contributed by atoms with Gasteiger partial charge in [0.15, 0.2) is 0 Å². The molecule has 0 aromatic rings. The first-order valence-corrected chi connectivity index (χ1v) is 3.51. The van der Waals surface area contributed by atoms with Crippen LogP contribution in [0, 0.1) is 5.92 Å². The van der Waals surface area contributed by atoms with Gasteiger partial charge in [-0.15, -0.1) is 0 Å². The number of allylic oxidation sites excluding steroid dienone is 1. The van der Waals surface area contributed by atoms with Crippen molar-refractivity contribution in [2.75, 3.05) is 7.05 Å². The maximum Gasteiger partial charge on any atom is 0.142 e. The van der Waals surface area contributed by atoms with E-state index >= 15 is 0 Å². The molecule has 10 heavy (non-hydrogen) atoms. The van der Waals surface area contributed by atoms with Gasteiger partial charge in [-0.1, -0.05) is 19.9 Å². The van der Waals surface area contributed by atoms with Crippen molar-refractivity contribution < 1.29 is 4.79 Å². The van der Waals surface area contributed by atoms with E-state index < -0.39 is 0 Å². The first-order chi connectivity index (χ1) is 4.72. The second-order valence-corrected chi connectivity index (χ2v) is 2.58. The van der Waals surface area contributed by atoms with E-state index in [4.69, 9.17) is 0 Å². The smallest absolute Gasteiger partial charge is 0.142 e. The van der Waals surface area contributed by atoms with Gasteiger partial charge in [0.1, 0.15) is 6.29 Å². The largest absolute Gasteiger partial charge is 0.313 e. The Morgan fingerprint density at radius 1 is 1.40 bits per heavy atom. The molecule has 0 aromatic heterocycles. The van der Waals surface area contributed by atoms with Crippen LogP contribution in [0.25, 0.3) is 0 Å². The standard InChI is InChI=1S/C8H15NO/c1-7(2)8(9-3)5-4-6-10/h4-9H,1-3H3/b5-4+. The van der Waals surface area contributed by atoms with E-state index in [0.717, 1.165) is 6.29 Å². The molecule has 0 saturated heterocycles. The van der Waals surface area contributed by atoms with Crippen LogP contribution in [0.3, 0.4) is 0 Å². The number of hydrogen-bond donors (Lipinski definition) is 1. The van der Waals surface area contributed by atoms with Gasteiger partial charge in [-0.3, -0.25) is 4.79 Å². The Bertz CT molecular complexity index is 118. The van der Waals surface area contributed by atoms with Crippen LogP contribution in [-0.4, -0.2) is 19.4 Å². The summed E-state index contributed by atoms with van der Waals surface area (Å²) in [7, 11) is 1.89. The summed E-state index contributed by atoms with van der Waals surface area (Å²) in [4.78, 5) is 9.93. The third-order valence-corrected chi connectivity index (χ3v) is 1.45. The highest BCUT2D eigenvalue weighted by Gasteiger charge is 2.04. The Hall–Kier alpha value is -0.630. The molecule has 0 aliphatic carbocycles. The van der Waals surface area contributed by atoms with Crippen molar-refractivity contribution >= 4 is 6.29 Å². The lowest BCUT2D eigenvalue weighted by molar-refractivity contribution is -0.104. The summed E-state index contributed by atoms with van der Waals surface area (Å²) in [5.74, 6) is 0.529. The molecule has 2 nitrogen and oxygen atoms in total. The molecule has 0 radical (unpaired) electrons. The van der Waals surface area contributed by atoms with Crippen molar-refractivity contribution in [2.24, 2.45) is 5.92 Å². The van der Waals surface area contributed by atoms with Crippen molar-refractivity contribution in [3.05, 3.63) is 12.2 Å². The lowest BCUT2D eigenvalue weighted by Crippen LogP contribution is -2.28. The van der Waals surface area contributed by atoms with Crippen LogP contribution >= 0.6 is 0 Å². The van der Waals surface area contributed by atoms with Gasteiger partial charge in [0.25, 0.3) is 0 Å².